The molecule has 0 saturated carbocycles. The quantitative estimate of drug-likeness (QED) is 0.355. The lowest BCUT2D eigenvalue weighted by atomic mass is 10.1. The van der Waals surface area contributed by atoms with Crippen molar-refractivity contribution in [2.45, 2.75) is 13.8 Å². The van der Waals surface area contributed by atoms with Crippen molar-refractivity contribution in [2.75, 3.05) is 7.11 Å². The molecule has 96 valence electrons. The molecule has 0 radical (unpaired) electrons. The lowest BCUT2D eigenvalue weighted by Gasteiger charge is -2.08. The molecule has 6 nitrogen and oxygen atoms in total. The summed E-state index contributed by atoms with van der Waals surface area (Å²) in [4.78, 5) is 20.9. The maximum absolute atomic E-state index is 10.9. The van der Waals surface area contributed by atoms with Gasteiger partial charge in [0.05, 0.1) is 12.0 Å². The van der Waals surface area contributed by atoms with Gasteiger partial charge in [0, 0.05) is 19.9 Å². The lowest BCUT2D eigenvalue weighted by Crippen LogP contribution is -2.03. The molecule has 1 aromatic carbocycles. The largest absolute Gasteiger partial charge is 0.493 e. The first-order valence-electron chi connectivity index (χ1n) is 5.13. The zero-order valence-electron chi connectivity index (χ0n) is 10.3. The Labute approximate surface area is 104 Å². The number of hydrogen-bond acceptors (Lipinski definition) is 5. The molecule has 0 bridgehead atoms. The highest BCUT2D eigenvalue weighted by atomic mass is 16.6. The molecular formula is C12H13NO5. The Morgan fingerprint density at radius 3 is 2.50 bits per heavy atom. The van der Waals surface area contributed by atoms with Crippen LogP contribution >= 0.6 is 0 Å². The van der Waals surface area contributed by atoms with Crippen molar-refractivity contribution in [2.24, 2.45) is 0 Å². The van der Waals surface area contributed by atoms with Crippen molar-refractivity contribution in [3.8, 4) is 11.5 Å². The fourth-order valence-corrected chi connectivity index (χ4v) is 1.31. The summed E-state index contributed by atoms with van der Waals surface area (Å²) in [6.45, 7) is 2.68. The Hall–Kier alpha value is -2.37. The van der Waals surface area contributed by atoms with E-state index in [2.05, 4.69) is 0 Å². The third-order valence-electron chi connectivity index (χ3n) is 2.10. The topological polar surface area (TPSA) is 78.7 Å². The van der Waals surface area contributed by atoms with Gasteiger partial charge in [0.15, 0.2) is 11.5 Å². The van der Waals surface area contributed by atoms with Gasteiger partial charge in [-0.05, 0) is 17.7 Å². The molecule has 1 rings (SSSR count). The van der Waals surface area contributed by atoms with E-state index in [4.69, 9.17) is 9.47 Å². The number of rotatable bonds is 4. The van der Waals surface area contributed by atoms with E-state index in [-0.39, 0.29) is 11.4 Å². The highest BCUT2D eigenvalue weighted by Crippen LogP contribution is 2.29. The second kappa shape index (κ2) is 5.81. The summed E-state index contributed by atoms with van der Waals surface area (Å²) in [5.41, 5.74) is 0.606. The van der Waals surface area contributed by atoms with Gasteiger partial charge >= 0.3 is 5.97 Å². The number of carbonyl (C=O) groups excluding carboxylic acids is 1. The predicted molar refractivity (Wildman–Crippen MR) is 64.9 cm³/mol. The van der Waals surface area contributed by atoms with Gasteiger partial charge < -0.3 is 9.47 Å². The van der Waals surface area contributed by atoms with Crippen molar-refractivity contribution in [1.29, 1.82) is 0 Å². The third kappa shape index (κ3) is 3.58. The van der Waals surface area contributed by atoms with Crippen LogP contribution in [0.25, 0.3) is 6.08 Å². The molecule has 0 aliphatic heterocycles. The summed E-state index contributed by atoms with van der Waals surface area (Å²) in [5, 5.41) is 10.5. The van der Waals surface area contributed by atoms with E-state index in [9.17, 15) is 14.9 Å². The number of esters is 1. The van der Waals surface area contributed by atoms with Crippen molar-refractivity contribution < 1.29 is 19.2 Å². The van der Waals surface area contributed by atoms with Crippen LogP contribution in [0.15, 0.2) is 23.9 Å². The van der Waals surface area contributed by atoms with Crippen molar-refractivity contribution in [3.63, 3.8) is 0 Å². The smallest absolute Gasteiger partial charge is 0.308 e. The number of allylic oxidation sites excluding steroid dienone is 1. The average Bonchev–Trinajstić information content (AvgIpc) is 2.30. The van der Waals surface area contributed by atoms with Crippen molar-refractivity contribution >= 4 is 12.0 Å². The first-order chi connectivity index (χ1) is 8.43. The number of nitrogens with zero attached hydrogens (tertiary/aromatic N) is 1. The number of carbonyl (C=O) groups is 1. The Morgan fingerprint density at radius 1 is 1.33 bits per heavy atom. The zero-order valence-corrected chi connectivity index (χ0v) is 10.3. The van der Waals surface area contributed by atoms with E-state index in [1.165, 1.54) is 33.1 Å². The predicted octanol–water partition coefficient (Wildman–Crippen LogP) is 2.26. The molecule has 0 atom stereocenters. The molecule has 0 spiro atoms. The highest BCUT2D eigenvalue weighted by molar-refractivity contribution is 5.71. The summed E-state index contributed by atoms with van der Waals surface area (Å²) in [5.74, 6) is 0.161. The van der Waals surface area contributed by atoms with E-state index in [0.717, 1.165) is 0 Å². The molecule has 0 aliphatic carbocycles. The highest BCUT2D eigenvalue weighted by Gasteiger charge is 2.09. The molecule has 0 heterocycles. The number of benzene rings is 1. The minimum absolute atomic E-state index is 0.0114. The van der Waals surface area contributed by atoms with E-state index in [1.807, 2.05) is 0 Å². The fraction of sp³-hybridized carbons (Fsp3) is 0.250. The van der Waals surface area contributed by atoms with Gasteiger partial charge in [-0.2, -0.15) is 0 Å². The van der Waals surface area contributed by atoms with Crippen LogP contribution in [0.5, 0.6) is 11.5 Å². The molecule has 1 aromatic rings. The number of nitro groups is 1. The first-order valence-corrected chi connectivity index (χ1v) is 5.13. The SMILES string of the molecule is COc1cc(C=C(C)[N+](=O)[O-])ccc1OC(C)=O. The van der Waals surface area contributed by atoms with Gasteiger partial charge in [-0.3, -0.25) is 14.9 Å². The van der Waals surface area contributed by atoms with Crippen LogP contribution in [-0.4, -0.2) is 18.0 Å². The van der Waals surface area contributed by atoms with E-state index in [0.29, 0.717) is 11.3 Å². The summed E-state index contributed by atoms with van der Waals surface area (Å²) in [6, 6.07) is 4.69. The Morgan fingerprint density at radius 2 is 2.00 bits per heavy atom. The minimum Gasteiger partial charge on any atom is -0.493 e. The van der Waals surface area contributed by atoms with Gasteiger partial charge in [0.1, 0.15) is 0 Å². The average molecular weight is 251 g/mol. The lowest BCUT2D eigenvalue weighted by molar-refractivity contribution is -0.422. The maximum atomic E-state index is 10.9. The molecule has 0 unspecified atom stereocenters. The van der Waals surface area contributed by atoms with Gasteiger partial charge in [0.2, 0.25) is 5.70 Å². The van der Waals surface area contributed by atoms with Gasteiger partial charge in [-0.25, -0.2) is 0 Å². The molecule has 0 N–H and O–H groups in total. The van der Waals surface area contributed by atoms with Gasteiger partial charge in [0.25, 0.3) is 0 Å². The van der Waals surface area contributed by atoms with Crippen LogP contribution in [0.3, 0.4) is 0 Å². The molecule has 0 aromatic heterocycles. The Balaban J connectivity index is 3.09. The number of ether oxygens (including phenoxy) is 2. The summed E-state index contributed by atoms with van der Waals surface area (Å²) < 4.78 is 9.98. The summed E-state index contributed by atoms with van der Waals surface area (Å²) >= 11 is 0. The Bertz CT molecular complexity index is 507. The van der Waals surface area contributed by atoms with Crippen LogP contribution < -0.4 is 9.47 Å². The van der Waals surface area contributed by atoms with E-state index >= 15 is 0 Å². The van der Waals surface area contributed by atoms with Crippen LogP contribution in [0.4, 0.5) is 0 Å². The molecule has 6 heteroatoms. The van der Waals surface area contributed by atoms with Crippen LogP contribution in [0.1, 0.15) is 19.4 Å². The molecular weight excluding hydrogens is 238 g/mol. The molecule has 0 fully saturated rings. The third-order valence-corrected chi connectivity index (χ3v) is 2.10. The number of hydrogen-bond donors (Lipinski definition) is 0. The molecule has 0 aliphatic rings. The van der Waals surface area contributed by atoms with Crippen molar-refractivity contribution in [3.05, 3.63) is 39.6 Å². The van der Waals surface area contributed by atoms with E-state index < -0.39 is 10.9 Å². The summed E-state index contributed by atoms with van der Waals surface area (Å²) in [6.07, 6.45) is 1.40. The van der Waals surface area contributed by atoms with E-state index in [1.54, 1.807) is 12.1 Å². The van der Waals surface area contributed by atoms with Crippen molar-refractivity contribution in [1.82, 2.24) is 0 Å². The molecule has 0 saturated heterocycles. The molecule has 18 heavy (non-hydrogen) atoms. The van der Waals surface area contributed by atoms with Crippen LogP contribution in [-0.2, 0) is 4.79 Å². The standard InChI is InChI=1S/C12H13NO5/c1-8(13(15)16)6-10-4-5-11(18-9(2)14)12(7-10)17-3/h4-7H,1-3H3. The zero-order chi connectivity index (χ0) is 13.7. The van der Waals surface area contributed by atoms with Gasteiger partial charge in [-0.1, -0.05) is 6.07 Å². The molecule has 0 amide bonds. The second-order valence-corrected chi connectivity index (χ2v) is 3.55. The van der Waals surface area contributed by atoms with Crippen LogP contribution in [0, 0.1) is 10.1 Å². The maximum Gasteiger partial charge on any atom is 0.308 e. The first kappa shape index (κ1) is 13.7. The number of methoxy groups -OCH3 is 1. The minimum atomic E-state index is -0.480. The fourth-order valence-electron chi connectivity index (χ4n) is 1.31. The summed E-state index contributed by atoms with van der Waals surface area (Å²) in [7, 11) is 1.43. The van der Waals surface area contributed by atoms with Crippen LogP contribution in [0.2, 0.25) is 0 Å². The van der Waals surface area contributed by atoms with Gasteiger partial charge in [-0.15, -0.1) is 0 Å². The second-order valence-electron chi connectivity index (χ2n) is 3.55. The Kier molecular flexibility index (Phi) is 4.42. The monoisotopic (exact) mass is 251 g/mol. The normalized spacial score (nSPS) is 10.9.